The molecule has 1 aromatic carbocycles. The van der Waals surface area contributed by atoms with Gasteiger partial charge in [-0.2, -0.15) is 0 Å². The highest BCUT2D eigenvalue weighted by atomic mass is 35.5. The van der Waals surface area contributed by atoms with Crippen LogP contribution in [0.3, 0.4) is 0 Å². The second-order valence-corrected chi connectivity index (χ2v) is 7.43. The molecule has 1 saturated heterocycles. The highest BCUT2D eigenvalue weighted by molar-refractivity contribution is 8.26. The maximum absolute atomic E-state index is 12.2. The molecule has 0 saturated carbocycles. The van der Waals surface area contributed by atoms with Crippen LogP contribution in [0.4, 0.5) is 0 Å². The van der Waals surface area contributed by atoms with Crippen LogP contribution in [0, 0.1) is 6.92 Å². The molecule has 25 heavy (non-hydrogen) atoms. The third-order valence-corrected chi connectivity index (χ3v) is 5.15. The first-order valence-corrected chi connectivity index (χ1v) is 8.79. The molecule has 1 aliphatic heterocycles. The van der Waals surface area contributed by atoms with Crippen molar-refractivity contribution in [2.24, 2.45) is 0 Å². The van der Waals surface area contributed by atoms with Gasteiger partial charge in [0.1, 0.15) is 22.4 Å². The van der Waals surface area contributed by atoms with Crippen molar-refractivity contribution in [1.82, 2.24) is 4.90 Å². The molecule has 1 amide bonds. The molecule has 1 aliphatic rings. The van der Waals surface area contributed by atoms with Crippen molar-refractivity contribution >= 4 is 57.9 Å². The number of amides is 1. The zero-order chi connectivity index (χ0) is 18.1. The fourth-order valence-electron chi connectivity index (χ4n) is 2.30. The van der Waals surface area contributed by atoms with E-state index >= 15 is 0 Å². The predicted molar refractivity (Wildman–Crippen MR) is 101 cm³/mol. The number of aryl methyl sites for hydroxylation is 1. The van der Waals surface area contributed by atoms with Crippen LogP contribution in [-0.4, -0.2) is 32.7 Å². The number of halogens is 1. The molecule has 0 atom stereocenters. The topological polar surface area (TPSA) is 70.8 Å². The number of benzene rings is 1. The summed E-state index contributed by atoms with van der Waals surface area (Å²) in [7, 11) is 0. The number of hydrogen-bond acceptors (Lipinski definition) is 5. The van der Waals surface area contributed by atoms with Crippen molar-refractivity contribution in [1.29, 1.82) is 0 Å². The Bertz CT molecular complexity index is 919. The van der Waals surface area contributed by atoms with Crippen molar-refractivity contribution in [3.05, 3.63) is 51.6 Å². The summed E-state index contributed by atoms with van der Waals surface area (Å²) in [5.74, 6) is -0.518. The van der Waals surface area contributed by atoms with Crippen LogP contribution in [0.5, 0.6) is 0 Å². The molecule has 1 fully saturated rings. The average molecular weight is 394 g/mol. The van der Waals surface area contributed by atoms with E-state index in [2.05, 4.69) is 0 Å². The summed E-state index contributed by atoms with van der Waals surface area (Å²) in [5, 5.41) is 9.42. The molecule has 0 aliphatic carbocycles. The van der Waals surface area contributed by atoms with E-state index in [0.717, 1.165) is 27.8 Å². The summed E-state index contributed by atoms with van der Waals surface area (Å²) in [6, 6.07) is 9.12. The zero-order valence-electron chi connectivity index (χ0n) is 13.0. The van der Waals surface area contributed by atoms with Crippen LogP contribution in [0.2, 0.25) is 5.02 Å². The number of aliphatic carboxylic acids is 1. The van der Waals surface area contributed by atoms with Gasteiger partial charge in [-0.25, -0.2) is 0 Å². The number of thioether (sulfide) groups is 1. The molecule has 5 nitrogen and oxygen atoms in total. The number of hydrogen-bond donors (Lipinski definition) is 1. The molecule has 2 aromatic rings. The maximum atomic E-state index is 12.2. The van der Waals surface area contributed by atoms with E-state index in [1.54, 1.807) is 18.2 Å². The Hall–Kier alpha value is -2.09. The number of carboxylic acid groups (broad SMARTS) is 1. The lowest BCUT2D eigenvalue weighted by atomic mass is 10.1. The van der Waals surface area contributed by atoms with Crippen LogP contribution in [-0.2, 0) is 9.59 Å². The van der Waals surface area contributed by atoms with E-state index in [0.29, 0.717) is 21.4 Å². The van der Waals surface area contributed by atoms with Crippen molar-refractivity contribution in [2.45, 2.75) is 6.92 Å². The second-order valence-electron chi connectivity index (χ2n) is 5.35. The minimum Gasteiger partial charge on any atom is -0.480 e. The molecule has 3 rings (SSSR count). The lowest BCUT2D eigenvalue weighted by Gasteiger charge is -2.09. The fourth-order valence-corrected chi connectivity index (χ4v) is 3.86. The van der Waals surface area contributed by atoms with Crippen LogP contribution in [0.15, 0.2) is 39.7 Å². The molecule has 0 unspecified atom stereocenters. The van der Waals surface area contributed by atoms with Crippen molar-refractivity contribution < 1.29 is 19.1 Å². The molecule has 2 heterocycles. The number of rotatable bonds is 4. The Morgan fingerprint density at radius 2 is 2.16 bits per heavy atom. The minimum absolute atomic E-state index is 0.215. The summed E-state index contributed by atoms with van der Waals surface area (Å²) in [4.78, 5) is 24.4. The maximum Gasteiger partial charge on any atom is 0.323 e. The molecule has 0 radical (unpaired) electrons. The number of carbonyl (C=O) groups is 2. The average Bonchev–Trinajstić information content (AvgIpc) is 3.08. The van der Waals surface area contributed by atoms with E-state index in [1.807, 2.05) is 25.1 Å². The summed E-state index contributed by atoms with van der Waals surface area (Å²) >= 11 is 12.3. The smallest absolute Gasteiger partial charge is 0.323 e. The lowest BCUT2D eigenvalue weighted by Crippen LogP contribution is -2.33. The third kappa shape index (κ3) is 3.78. The Kier molecular flexibility index (Phi) is 4.99. The fraction of sp³-hybridized carbons (Fsp3) is 0.118. The van der Waals surface area contributed by atoms with Crippen LogP contribution < -0.4 is 0 Å². The number of thiocarbonyl (C=S) groups is 1. The van der Waals surface area contributed by atoms with Crippen LogP contribution in [0.25, 0.3) is 17.4 Å². The van der Waals surface area contributed by atoms with Crippen molar-refractivity contribution in [3.63, 3.8) is 0 Å². The van der Waals surface area contributed by atoms with E-state index in [-0.39, 0.29) is 4.32 Å². The highest BCUT2D eigenvalue weighted by Gasteiger charge is 2.33. The Morgan fingerprint density at radius 1 is 1.40 bits per heavy atom. The minimum atomic E-state index is -1.12. The van der Waals surface area contributed by atoms with Gasteiger partial charge in [0.25, 0.3) is 5.91 Å². The molecule has 1 N–H and O–H groups in total. The van der Waals surface area contributed by atoms with Gasteiger partial charge in [0.15, 0.2) is 0 Å². The first-order chi connectivity index (χ1) is 11.8. The van der Waals surface area contributed by atoms with Crippen molar-refractivity contribution in [2.75, 3.05) is 6.54 Å². The Balaban J connectivity index is 1.86. The second kappa shape index (κ2) is 7.03. The number of carboxylic acids is 1. The molecule has 128 valence electrons. The van der Waals surface area contributed by atoms with Gasteiger partial charge >= 0.3 is 5.97 Å². The first kappa shape index (κ1) is 17.7. The number of nitrogens with zero attached hydrogens (tertiary/aromatic N) is 1. The lowest BCUT2D eigenvalue weighted by molar-refractivity contribution is -0.140. The molecular formula is C17H12ClNO4S2. The van der Waals surface area contributed by atoms with Gasteiger partial charge in [-0.05, 0) is 36.8 Å². The highest BCUT2D eigenvalue weighted by Crippen LogP contribution is 2.34. The quantitative estimate of drug-likeness (QED) is 0.620. The monoisotopic (exact) mass is 393 g/mol. The summed E-state index contributed by atoms with van der Waals surface area (Å²) < 4.78 is 5.96. The Labute approximate surface area is 158 Å². The van der Waals surface area contributed by atoms with Gasteiger partial charge in [0.2, 0.25) is 0 Å². The van der Waals surface area contributed by atoms with Gasteiger partial charge < -0.3 is 9.52 Å². The molecule has 0 spiro atoms. The Morgan fingerprint density at radius 3 is 2.84 bits per heavy atom. The number of carbonyl (C=O) groups excluding carboxylic acids is 1. The van der Waals surface area contributed by atoms with Gasteiger partial charge in [0.05, 0.1) is 9.93 Å². The normalized spacial score (nSPS) is 16.1. The van der Waals surface area contributed by atoms with Gasteiger partial charge in [0, 0.05) is 11.6 Å². The van der Waals surface area contributed by atoms with Gasteiger partial charge in [-0.15, -0.1) is 0 Å². The molecule has 1 aromatic heterocycles. The standard InChI is InChI=1S/C17H12ClNO4S2/c1-9-2-4-11(12(18)6-9)13-5-3-10(23-13)7-14-16(22)19(8-15(20)21)17(24)25-14/h2-7H,8H2,1H3,(H,20,21)/b14-7+. The van der Waals surface area contributed by atoms with E-state index in [4.69, 9.17) is 33.3 Å². The summed E-state index contributed by atoms with van der Waals surface area (Å²) in [6.45, 7) is 1.49. The summed E-state index contributed by atoms with van der Waals surface area (Å²) in [5.41, 5.74) is 1.80. The van der Waals surface area contributed by atoms with Gasteiger partial charge in [-0.1, -0.05) is 41.6 Å². The predicted octanol–water partition coefficient (Wildman–Crippen LogP) is 4.19. The molecular weight excluding hydrogens is 382 g/mol. The largest absolute Gasteiger partial charge is 0.480 e. The molecule has 8 heteroatoms. The van der Waals surface area contributed by atoms with E-state index in [9.17, 15) is 9.59 Å². The van der Waals surface area contributed by atoms with Crippen LogP contribution >= 0.6 is 35.6 Å². The third-order valence-electron chi connectivity index (χ3n) is 3.46. The zero-order valence-corrected chi connectivity index (χ0v) is 15.4. The van der Waals surface area contributed by atoms with E-state index in [1.165, 1.54) is 0 Å². The summed E-state index contributed by atoms with van der Waals surface area (Å²) in [6.07, 6.45) is 1.55. The number of furan rings is 1. The SMILES string of the molecule is Cc1ccc(-c2ccc(/C=C3/SC(=S)N(CC(=O)O)C3=O)o2)c(Cl)c1. The van der Waals surface area contributed by atoms with Crippen molar-refractivity contribution in [3.8, 4) is 11.3 Å². The van der Waals surface area contributed by atoms with Crippen LogP contribution in [0.1, 0.15) is 11.3 Å². The van der Waals surface area contributed by atoms with E-state index < -0.39 is 18.4 Å². The molecule has 0 bridgehead atoms. The first-order valence-electron chi connectivity index (χ1n) is 7.18. The van der Waals surface area contributed by atoms with Gasteiger partial charge in [-0.3, -0.25) is 14.5 Å².